The largest absolute Gasteiger partial charge is 0.347 e. The second-order valence-electron chi connectivity index (χ2n) is 8.62. The molecule has 0 amide bonds. The van der Waals surface area contributed by atoms with Crippen LogP contribution in [0.5, 0.6) is 0 Å². The number of hydrogen-bond acceptors (Lipinski definition) is 3. The maximum Gasteiger partial charge on any atom is 0.175 e. The first-order valence-electron chi connectivity index (χ1n) is 10.4. The summed E-state index contributed by atoms with van der Waals surface area (Å²) in [5.41, 5.74) is 4.59. The van der Waals surface area contributed by atoms with E-state index in [-0.39, 0.29) is 0 Å². The molecule has 4 rings (SSSR count). The molecule has 0 aliphatic heterocycles. The Morgan fingerprint density at radius 1 is 0.933 bits per heavy atom. The molecule has 30 heavy (non-hydrogen) atoms. The monoisotopic (exact) mass is 423 g/mol. The van der Waals surface area contributed by atoms with Crippen LogP contribution in [0.25, 0.3) is 21.8 Å². The lowest BCUT2D eigenvalue weighted by atomic mass is 9.90. The first-order chi connectivity index (χ1) is 14.1. The number of fused-ring (bicyclic) bond motifs is 2. The number of benzene rings is 2. The van der Waals surface area contributed by atoms with Gasteiger partial charge in [-0.1, -0.05) is 26.0 Å². The molecule has 0 spiro atoms. The van der Waals surface area contributed by atoms with Gasteiger partial charge in [0.25, 0.3) is 0 Å². The molecule has 6 heteroatoms. The van der Waals surface area contributed by atoms with E-state index in [1.54, 1.807) is 12.1 Å². The number of rotatable bonds is 6. The van der Waals surface area contributed by atoms with Crippen LogP contribution in [0.1, 0.15) is 49.8 Å². The van der Waals surface area contributed by atoms with Crippen LogP contribution in [0.4, 0.5) is 0 Å². The van der Waals surface area contributed by atoms with E-state index in [2.05, 4.69) is 54.0 Å². The molecule has 2 unspecified atom stereocenters. The topological polar surface area (TPSA) is 56.9 Å². The van der Waals surface area contributed by atoms with E-state index in [9.17, 15) is 8.42 Å². The minimum atomic E-state index is -3.21. The number of hydrogen-bond donors (Lipinski definition) is 0. The molecule has 0 saturated carbocycles. The van der Waals surface area contributed by atoms with Crippen LogP contribution in [0.3, 0.4) is 0 Å². The fourth-order valence-corrected chi connectivity index (χ4v) is 4.96. The van der Waals surface area contributed by atoms with Gasteiger partial charge in [-0.15, -0.1) is 0 Å². The molecule has 0 saturated heterocycles. The van der Waals surface area contributed by atoms with Gasteiger partial charge in [0.05, 0.1) is 10.4 Å². The van der Waals surface area contributed by atoms with Gasteiger partial charge in [-0.05, 0) is 66.0 Å². The minimum absolute atomic E-state index is 0.370. The number of aryl methyl sites for hydroxylation is 2. The first kappa shape index (κ1) is 20.7. The van der Waals surface area contributed by atoms with Gasteiger partial charge in [0, 0.05) is 43.1 Å². The number of aromatic nitrogens is 3. The Kier molecular flexibility index (Phi) is 5.22. The molecule has 2 aromatic heterocycles. The van der Waals surface area contributed by atoms with E-state index < -0.39 is 9.84 Å². The van der Waals surface area contributed by atoms with Crippen LogP contribution in [0, 0.1) is 0 Å². The van der Waals surface area contributed by atoms with Crippen LogP contribution in [-0.2, 0) is 23.9 Å². The summed E-state index contributed by atoms with van der Waals surface area (Å²) in [5, 5.41) is 6.73. The van der Waals surface area contributed by atoms with E-state index in [4.69, 9.17) is 0 Å². The fraction of sp³-hybridized carbons (Fsp3) is 0.375. The standard InChI is InChI=1S/C24H29N3O2S/c1-16(18-9-11-22-20(12-18)15-26(3)25-22)6-7-17(2)23-13-19-8-10-21(30(5,28)29)14-24(19)27(23)4/h8-17H,6-7H2,1-5H3. The zero-order valence-corrected chi connectivity index (χ0v) is 19.1. The maximum atomic E-state index is 11.9. The molecule has 2 aromatic carbocycles. The molecule has 2 atom stereocenters. The third kappa shape index (κ3) is 3.88. The molecule has 0 aliphatic rings. The summed E-state index contributed by atoms with van der Waals surface area (Å²) in [6.45, 7) is 4.53. The molecular formula is C24H29N3O2S. The highest BCUT2D eigenvalue weighted by molar-refractivity contribution is 7.90. The van der Waals surface area contributed by atoms with Crippen LogP contribution < -0.4 is 0 Å². The lowest BCUT2D eigenvalue weighted by Crippen LogP contribution is -2.04. The Morgan fingerprint density at radius 2 is 1.67 bits per heavy atom. The smallest absolute Gasteiger partial charge is 0.175 e. The van der Waals surface area contributed by atoms with Crippen LogP contribution in [0.2, 0.25) is 0 Å². The van der Waals surface area contributed by atoms with E-state index in [1.807, 2.05) is 24.8 Å². The second-order valence-corrected chi connectivity index (χ2v) is 10.6. The average molecular weight is 424 g/mol. The second kappa shape index (κ2) is 7.58. The van der Waals surface area contributed by atoms with E-state index >= 15 is 0 Å². The van der Waals surface area contributed by atoms with Crippen molar-refractivity contribution in [3.05, 3.63) is 59.9 Å². The molecule has 2 heterocycles. The van der Waals surface area contributed by atoms with Crippen molar-refractivity contribution in [1.82, 2.24) is 14.3 Å². The average Bonchev–Trinajstić information content (AvgIpc) is 3.23. The number of nitrogens with zero attached hydrogens (tertiary/aromatic N) is 3. The van der Waals surface area contributed by atoms with Gasteiger partial charge >= 0.3 is 0 Å². The van der Waals surface area contributed by atoms with Crippen molar-refractivity contribution in [1.29, 1.82) is 0 Å². The molecule has 4 aromatic rings. The SMILES string of the molecule is CC(CCC(C)c1cc2ccc(S(C)(=O)=O)cc2n1C)c1ccc2nn(C)cc2c1. The van der Waals surface area contributed by atoms with Crippen molar-refractivity contribution in [2.45, 2.75) is 43.4 Å². The maximum absolute atomic E-state index is 11.9. The summed E-state index contributed by atoms with van der Waals surface area (Å²) in [6.07, 6.45) is 5.47. The first-order valence-corrected chi connectivity index (χ1v) is 12.3. The van der Waals surface area contributed by atoms with Crippen molar-refractivity contribution in [2.24, 2.45) is 14.1 Å². The molecule has 0 aliphatic carbocycles. The fourth-order valence-electron chi connectivity index (χ4n) is 4.32. The summed E-state index contributed by atoms with van der Waals surface area (Å²) in [7, 11) is 0.772. The van der Waals surface area contributed by atoms with Crippen molar-refractivity contribution >= 4 is 31.6 Å². The molecule has 0 fully saturated rings. The quantitative estimate of drug-likeness (QED) is 0.431. The summed E-state index contributed by atoms with van der Waals surface area (Å²) >= 11 is 0. The Hall–Kier alpha value is -2.60. The Labute approximate surface area is 178 Å². The van der Waals surface area contributed by atoms with Gasteiger partial charge in [0.1, 0.15) is 0 Å². The number of sulfone groups is 1. The molecule has 0 bridgehead atoms. The summed E-state index contributed by atoms with van der Waals surface area (Å²) in [6, 6.07) is 14.1. The van der Waals surface area contributed by atoms with Gasteiger partial charge in [0.15, 0.2) is 9.84 Å². The lowest BCUT2D eigenvalue weighted by Gasteiger charge is -2.17. The normalized spacial score (nSPS) is 14.4. The third-order valence-electron chi connectivity index (χ3n) is 6.23. The van der Waals surface area contributed by atoms with Gasteiger partial charge in [-0.3, -0.25) is 4.68 Å². The zero-order valence-electron chi connectivity index (χ0n) is 18.3. The molecule has 0 N–H and O–H groups in total. The molecule has 0 radical (unpaired) electrons. The third-order valence-corrected chi connectivity index (χ3v) is 7.34. The van der Waals surface area contributed by atoms with Gasteiger partial charge in [-0.2, -0.15) is 5.10 Å². The van der Waals surface area contributed by atoms with Crippen molar-refractivity contribution < 1.29 is 8.42 Å². The highest BCUT2D eigenvalue weighted by Crippen LogP contribution is 2.32. The van der Waals surface area contributed by atoms with E-state index in [0.717, 1.165) is 29.3 Å². The zero-order chi connectivity index (χ0) is 21.6. The van der Waals surface area contributed by atoms with E-state index in [0.29, 0.717) is 16.7 Å². The lowest BCUT2D eigenvalue weighted by molar-refractivity contribution is 0.556. The summed E-state index contributed by atoms with van der Waals surface area (Å²) in [5.74, 6) is 0.845. The summed E-state index contributed by atoms with van der Waals surface area (Å²) < 4.78 is 27.8. The van der Waals surface area contributed by atoms with Gasteiger partial charge in [0.2, 0.25) is 0 Å². The summed E-state index contributed by atoms with van der Waals surface area (Å²) in [4.78, 5) is 0.370. The van der Waals surface area contributed by atoms with Crippen LogP contribution in [0.15, 0.2) is 53.6 Å². The predicted octanol–water partition coefficient (Wildman–Crippen LogP) is 5.16. The highest BCUT2D eigenvalue weighted by Gasteiger charge is 2.17. The Bertz CT molecular complexity index is 1330. The van der Waals surface area contributed by atoms with Crippen LogP contribution in [-0.4, -0.2) is 29.0 Å². The van der Waals surface area contributed by atoms with E-state index in [1.165, 1.54) is 22.9 Å². The van der Waals surface area contributed by atoms with Crippen molar-refractivity contribution in [3.63, 3.8) is 0 Å². The van der Waals surface area contributed by atoms with Crippen molar-refractivity contribution in [2.75, 3.05) is 6.26 Å². The highest BCUT2D eigenvalue weighted by atomic mass is 32.2. The minimum Gasteiger partial charge on any atom is -0.347 e. The Morgan fingerprint density at radius 3 is 2.40 bits per heavy atom. The van der Waals surface area contributed by atoms with Gasteiger partial charge in [-0.25, -0.2) is 8.42 Å². The molecular weight excluding hydrogens is 394 g/mol. The van der Waals surface area contributed by atoms with Crippen molar-refractivity contribution in [3.8, 4) is 0 Å². The van der Waals surface area contributed by atoms with Crippen LogP contribution >= 0.6 is 0 Å². The Balaban J connectivity index is 1.52. The molecule has 158 valence electrons. The molecule has 5 nitrogen and oxygen atoms in total. The van der Waals surface area contributed by atoms with Gasteiger partial charge < -0.3 is 4.57 Å². The predicted molar refractivity (Wildman–Crippen MR) is 123 cm³/mol.